The molecule has 2 rings (SSSR count). The molecule has 23 heavy (non-hydrogen) atoms. The van der Waals surface area contributed by atoms with Crippen LogP contribution >= 0.6 is 0 Å². The SMILES string of the molecule is CCc1ccc(C(C)(C)Cc2ccccc2O)c(CC)c1CC. The first-order chi connectivity index (χ1) is 10.9. The van der Waals surface area contributed by atoms with Crippen molar-refractivity contribution in [1.29, 1.82) is 0 Å². The van der Waals surface area contributed by atoms with Crippen LogP contribution in [-0.4, -0.2) is 5.11 Å². The van der Waals surface area contributed by atoms with Gasteiger partial charge in [0.05, 0.1) is 0 Å². The zero-order valence-electron chi connectivity index (χ0n) is 15.2. The third-order valence-electron chi connectivity index (χ3n) is 4.97. The number of phenolic OH excluding ortho intramolecular Hbond substituents is 1. The molecule has 0 radical (unpaired) electrons. The standard InChI is InChI=1S/C22H30O/c1-6-16-13-14-20(19(8-3)18(16)7-2)22(4,5)15-17-11-9-10-12-21(17)23/h9-14,23H,6-8,15H2,1-5H3. The Bertz CT molecular complexity index is 668. The summed E-state index contributed by atoms with van der Waals surface area (Å²) in [5.41, 5.74) is 6.96. The van der Waals surface area contributed by atoms with E-state index < -0.39 is 0 Å². The number of rotatable bonds is 6. The molecule has 0 aliphatic heterocycles. The highest BCUT2D eigenvalue weighted by atomic mass is 16.3. The number of aryl methyl sites for hydroxylation is 1. The minimum absolute atomic E-state index is 0.000365. The molecule has 124 valence electrons. The van der Waals surface area contributed by atoms with Gasteiger partial charge in [-0.2, -0.15) is 0 Å². The van der Waals surface area contributed by atoms with Crippen molar-refractivity contribution < 1.29 is 5.11 Å². The first kappa shape index (κ1) is 17.6. The summed E-state index contributed by atoms with van der Waals surface area (Å²) in [6.45, 7) is 11.3. The normalized spacial score (nSPS) is 11.7. The Morgan fingerprint density at radius 2 is 1.43 bits per heavy atom. The van der Waals surface area contributed by atoms with E-state index in [0.717, 1.165) is 31.2 Å². The van der Waals surface area contributed by atoms with Crippen molar-refractivity contribution >= 4 is 0 Å². The third kappa shape index (κ3) is 3.60. The molecule has 0 aliphatic rings. The van der Waals surface area contributed by atoms with Crippen molar-refractivity contribution in [2.24, 2.45) is 0 Å². The Hall–Kier alpha value is -1.76. The number of phenols is 1. The highest BCUT2D eigenvalue weighted by molar-refractivity contribution is 5.46. The second kappa shape index (κ2) is 7.21. The van der Waals surface area contributed by atoms with Gasteiger partial charge in [0, 0.05) is 0 Å². The summed E-state index contributed by atoms with van der Waals surface area (Å²) in [7, 11) is 0. The largest absolute Gasteiger partial charge is 0.508 e. The topological polar surface area (TPSA) is 20.2 Å². The molecule has 2 aromatic carbocycles. The van der Waals surface area contributed by atoms with Crippen LogP contribution < -0.4 is 0 Å². The average molecular weight is 310 g/mol. The van der Waals surface area contributed by atoms with Gasteiger partial charge in [0.2, 0.25) is 0 Å². The summed E-state index contributed by atoms with van der Waals surface area (Å²) >= 11 is 0. The lowest BCUT2D eigenvalue weighted by Crippen LogP contribution is -2.23. The molecule has 1 heteroatoms. The van der Waals surface area contributed by atoms with Crippen LogP contribution in [0.1, 0.15) is 62.4 Å². The van der Waals surface area contributed by atoms with Crippen molar-refractivity contribution in [3.05, 3.63) is 64.2 Å². The van der Waals surface area contributed by atoms with Crippen LogP contribution in [0.3, 0.4) is 0 Å². The van der Waals surface area contributed by atoms with E-state index in [2.05, 4.69) is 46.8 Å². The monoisotopic (exact) mass is 310 g/mol. The first-order valence-corrected chi connectivity index (χ1v) is 8.85. The molecule has 0 unspecified atom stereocenters. The van der Waals surface area contributed by atoms with Gasteiger partial charge in [-0.25, -0.2) is 0 Å². The number of hydrogen-bond acceptors (Lipinski definition) is 1. The molecule has 0 fully saturated rings. The molecule has 0 saturated carbocycles. The van der Waals surface area contributed by atoms with Gasteiger partial charge in [-0.15, -0.1) is 0 Å². The Labute approximate surface area is 141 Å². The molecule has 0 aliphatic carbocycles. The average Bonchev–Trinajstić information content (AvgIpc) is 2.55. The van der Waals surface area contributed by atoms with E-state index in [1.54, 1.807) is 6.07 Å². The predicted molar refractivity (Wildman–Crippen MR) is 99.4 cm³/mol. The van der Waals surface area contributed by atoms with E-state index in [4.69, 9.17) is 0 Å². The molecular weight excluding hydrogens is 280 g/mol. The summed E-state index contributed by atoms with van der Waals surface area (Å²) in [5, 5.41) is 10.1. The maximum Gasteiger partial charge on any atom is 0.118 e. The second-order valence-electron chi connectivity index (χ2n) is 6.98. The number of benzene rings is 2. The smallest absolute Gasteiger partial charge is 0.118 e. The Kier molecular flexibility index (Phi) is 5.51. The fourth-order valence-electron chi connectivity index (χ4n) is 3.78. The number of aromatic hydroxyl groups is 1. The van der Waals surface area contributed by atoms with E-state index in [9.17, 15) is 5.11 Å². The van der Waals surface area contributed by atoms with E-state index in [1.807, 2.05) is 18.2 Å². The molecule has 0 bridgehead atoms. The van der Waals surface area contributed by atoms with E-state index in [1.165, 1.54) is 22.3 Å². The number of para-hydroxylation sites is 1. The van der Waals surface area contributed by atoms with Gasteiger partial charge in [-0.1, -0.05) is 65.0 Å². The van der Waals surface area contributed by atoms with Crippen molar-refractivity contribution in [3.63, 3.8) is 0 Å². The van der Waals surface area contributed by atoms with Crippen LogP contribution in [0, 0.1) is 0 Å². The molecule has 1 N–H and O–H groups in total. The highest BCUT2D eigenvalue weighted by Crippen LogP contribution is 2.35. The molecule has 0 spiro atoms. The molecule has 0 saturated heterocycles. The van der Waals surface area contributed by atoms with Crippen LogP contribution in [0.15, 0.2) is 36.4 Å². The summed E-state index contributed by atoms with van der Waals surface area (Å²) < 4.78 is 0. The quantitative estimate of drug-likeness (QED) is 0.736. The van der Waals surface area contributed by atoms with Gasteiger partial charge >= 0.3 is 0 Å². The lowest BCUT2D eigenvalue weighted by Gasteiger charge is -2.30. The number of hydrogen-bond donors (Lipinski definition) is 1. The van der Waals surface area contributed by atoms with E-state index >= 15 is 0 Å². The Morgan fingerprint density at radius 1 is 0.783 bits per heavy atom. The zero-order valence-corrected chi connectivity index (χ0v) is 15.2. The van der Waals surface area contributed by atoms with Crippen molar-refractivity contribution in [2.75, 3.05) is 0 Å². The highest BCUT2D eigenvalue weighted by Gasteiger charge is 2.26. The summed E-state index contributed by atoms with van der Waals surface area (Å²) in [6.07, 6.45) is 4.10. The van der Waals surface area contributed by atoms with E-state index in [0.29, 0.717) is 5.75 Å². The van der Waals surface area contributed by atoms with Crippen molar-refractivity contribution in [2.45, 2.75) is 65.7 Å². The van der Waals surface area contributed by atoms with Gasteiger partial charge in [0.15, 0.2) is 0 Å². The van der Waals surface area contributed by atoms with Gasteiger partial charge in [-0.05, 0) is 65.0 Å². The minimum Gasteiger partial charge on any atom is -0.508 e. The minimum atomic E-state index is 0.000365. The molecule has 2 aromatic rings. The summed E-state index contributed by atoms with van der Waals surface area (Å²) in [4.78, 5) is 0. The lowest BCUT2D eigenvalue weighted by molar-refractivity contribution is 0.449. The lowest BCUT2D eigenvalue weighted by atomic mass is 9.74. The first-order valence-electron chi connectivity index (χ1n) is 8.85. The Balaban J connectivity index is 2.49. The van der Waals surface area contributed by atoms with Crippen LogP contribution in [0.5, 0.6) is 5.75 Å². The van der Waals surface area contributed by atoms with Crippen LogP contribution in [0.4, 0.5) is 0 Å². The van der Waals surface area contributed by atoms with Crippen molar-refractivity contribution in [1.82, 2.24) is 0 Å². The van der Waals surface area contributed by atoms with Gasteiger partial charge in [0.1, 0.15) is 5.75 Å². The fraction of sp³-hybridized carbons (Fsp3) is 0.455. The molecule has 0 heterocycles. The van der Waals surface area contributed by atoms with Crippen molar-refractivity contribution in [3.8, 4) is 5.75 Å². The maximum atomic E-state index is 10.1. The Morgan fingerprint density at radius 3 is 2.00 bits per heavy atom. The van der Waals surface area contributed by atoms with Gasteiger partial charge in [0.25, 0.3) is 0 Å². The summed E-state index contributed by atoms with van der Waals surface area (Å²) in [5.74, 6) is 0.402. The molecule has 0 amide bonds. The molecule has 1 nitrogen and oxygen atoms in total. The molecule has 0 aromatic heterocycles. The van der Waals surface area contributed by atoms with Gasteiger partial charge < -0.3 is 5.11 Å². The fourth-order valence-corrected chi connectivity index (χ4v) is 3.78. The van der Waals surface area contributed by atoms with E-state index in [-0.39, 0.29) is 5.41 Å². The maximum absolute atomic E-state index is 10.1. The second-order valence-corrected chi connectivity index (χ2v) is 6.98. The molecule has 0 atom stereocenters. The van der Waals surface area contributed by atoms with Crippen LogP contribution in [0.2, 0.25) is 0 Å². The summed E-state index contributed by atoms with van der Waals surface area (Å²) in [6, 6.07) is 12.3. The zero-order chi connectivity index (χ0) is 17.0. The predicted octanol–water partition coefficient (Wildman–Crippen LogP) is 5.60. The van der Waals surface area contributed by atoms with Gasteiger partial charge in [-0.3, -0.25) is 0 Å². The van der Waals surface area contributed by atoms with Crippen LogP contribution in [-0.2, 0) is 31.1 Å². The molecular formula is C22H30O. The van der Waals surface area contributed by atoms with Crippen LogP contribution in [0.25, 0.3) is 0 Å². The third-order valence-corrected chi connectivity index (χ3v) is 4.97.